The Bertz CT molecular complexity index is 892. The Kier molecular flexibility index (Phi) is 4.51. The van der Waals surface area contributed by atoms with Gasteiger partial charge < -0.3 is 4.74 Å². The first kappa shape index (κ1) is 16.8. The van der Waals surface area contributed by atoms with Gasteiger partial charge in [-0.05, 0) is 37.3 Å². The first-order valence-corrected chi connectivity index (χ1v) is 9.46. The van der Waals surface area contributed by atoms with Gasteiger partial charge >= 0.3 is 0 Å². The van der Waals surface area contributed by atoms with Crippen molar-refractivity contribution in [3.05, 3.63) is 54.1 Å². The molecule has 0 aromatic heterocycles. The van der Waals surface area contributed by atoms with Crippen LogP contribution in [-0.2, 0) is 9.59 Å². The molecule has 4 rings (SSSR count). The molecule has 0 aliphatic carbocycles. The summed E-state index contributed by atoms with van der Waals surface area (Å²) >= 11 is 1.79. The van der Waals surface area contributed by atoms with E-state index >= 15 is 0 Å². The predicted octanol–water partition coefficient (Wildman–Crippen LogP) is 3.52. The lowest BCUT2D eigenvalue weighted by atomic mass is 9.93. The molecule has 2 heterocycles. The monoisotopic (exact) mass is 366 g/mol. The highest BCUT2D eigenvalue weighted by atomic mass is 32.2. The Labute approximate surface area is 156 Å². The standard InChI is InChI=1S/C20H18N2O3S/c1-13(23)11-25-16-8-6-15(7-9-16)22-19(24)10-14-12-26-18-5-3-2-4-17(18)20(14)21-22/h2-9,14H,10-12H2,1H3. The molecule has 2 aliphatic heterocycles. The molecule has 0 saturated heterocycles. The second kappa shape index (κ2) is 6.96. The van der Waals surface area contributed by atoms with E-state index in [-0.39, 0.29) is 24.2 Å². The van der Waals surface area contributed by atoms with Gasteiger partial charge in [0.05, 0.1) is 11.4 Å². The summed E-state index contributed by atoms with van der Waals surface area (Å²) in [6, 6.07) is 15.3. The van der Waals surface area contributed by atoms with Gasteiger partial charge in [-0.3, -0.25) is 9.59 Å². The van der Waals surface area contributed by atoms with E-state index in [1.165, 1.54) is 16.8 Å². The second-order valence-corrected chi connectivity index (χ2v) is 7.45. The number of hydrogen-bond acceptors (Lipinski definition) is 5. The third-order valence-corrected chi connectivity index (χ3v) is 5.61. The SMILES string of the molecule is CC(=O)COc1ccc(N2N=C3c4ccccc4SCC3CC2=O)cc1. The summed E-state index contributed by atoms with van der Waals surface area (Å²) in [6.45, 7) is 1.52. The number of carbonyl (C=O) groups excluding carboxylic acids is 2. The summed E-state index contributed by atoms with van der Waals surface area (Å²) in [5, 5.41) is 6.17. The molecule has 1 amide bonds. The summed E-state index contributed by atoms with van der Waals surface area (Å²) < 4.78 is 5.38. The Hall–Kier alpha value is -2.60. The molecule has 0 radical (unpaired) electrons. The van der Waals surface area contributed by atoms with E-state index in [0.29, 0.717) is 17.9 Å². The van der Waals surface area contributed by atoms with Gasteiger partial charge in [0.25, 0.3) is 0 Å². The van der Waals surface area contributed by atoms with Gasteiger partial charge in [-0.25, -0.2) is 5.01 Å². The van der Waals surface area contributed by atoms with Crippen molar-refractivity contribution in [2.45, 2.75) is 18.2 Å². The fraction of sp³-hybridized carbons (Fsp3) is 0.250. The molecule has 2 aliphatic rings. The van der Waals surface area contributed by atoms with E-state index in [1.807, 2.05) is 12.1 Å². The number of carbonyl (C=O) groups is 2. The minimum absolute atomic E-state index is 0.00358. The first-order chi connectivity index (χ1) is 12.6. The van der Waals surface area contributed by atoms with Crippen molar-refractivity contribution in [1.82, 2.24) is 0 Å². The number of Topliss-reactive ketones (excluding diaryl/α,β-unsaturated/α-hetero) is 1. The van der Waals surface area contributed by atoms with Crippen LogP contribution in [0.25, 0.3) is 0 Å². The quantitative estimate of drug-likeness (QED) is 0.831. The van der Waals surface area contributed by atoms with Crippen LogP contribution in [0.15, 0.2) is 58.5 Å². The van der Waals surface area contributed by atoms with E-state index < -0.39 is 0 Å². The molecule has 6 heteroatoms. The molecule has 2 aromatic rings. The summed E-state index contributed by atoms with van der Waals surface area (Å²) in [5.41, 5.74) is 2.80. The van der Waals surface area contributed by atoms with Crippen molar-refractivity contribution in [1.29, 1.82) is 0 Å². The third kappa shape index (κ3) is 3.24. The Morgan fingerprint density at radius 1 is 1.23 bits per heavy atom. The number of anilines is 1. The molecule has 0 saturated carbocycles. The topological polar surface area (TPSA) is 59.0 Å². The van der Waals surface area contributed by atoms with Crippen LogP contribution in [0.1, 0.15) is 18.9 Å². The predicted molar refractivity (Wildman–Crippen MR) is 102 cm³/mol. The molecule has 2 aromatic carbocycles. The minimum Gasteiger partial charge on any atom is -0.486 e. The van der Waals surface area contributed by atoms with Crippen molar-refractivity contribution in [3.8, 4) is 5.75 Å². The van der Waals surface area contributed by atoms with Crippen LogP contribution in [-0.4, -0.2) is 29.8 Å². The van der Waals surface area contributed by atoms with Gasteiger partial charge in [0, 0.05) is 28.6 Å². The lowest BCUT2D eigenvalue weighted by Crippen LogP contribution is -2.39. The van der Waals surface area contributed by atoms with Gasteiger partial charge in [0.2, 0.25) is 5.91 Å². The smallest absolute Gasteiger partial charge is 0.248 e. The number of fused-ring (bicyclic) bond motifs is 3. The number of thioether (sulfide) groups is 1. The summed E-state index contributed by atoms with van der Waals surface area (Å²) in [6.07, 6.45) is 0.461. The molecule has 0 fully saturated rings. The maximum atomic E-state index is 12.6. The van der Waals surface area contributed by atoms with Crippen LogP contribution in [0.2, 0.25) is 0 Å². The van der Waals surface area contributed by atoms with Gasteiger partial charge in [-0.2, -0.15) is 5.10 Å². The molecular weight excluding hydrogens is 348 g/mol. The number of hydrogen-bond donors (Lipinski definition) is 0. The fourth-order valence-corrected chi connectivity index (χ4v) is 4.27. The van der Waals surface area contributed by atoms with E-state index in [1.54, 1.807) is 36.0 Å². The number of rotatable bonds is 4. The number of ketones is 1. The van der Waals surface area contributed by atoms with Crippen LogP contribution in [0, 0.1) is 5.92 Å². The van der Waals surface area contributed by atoms with Crippen LogP contribution in [0.5, 0.6) is 5.75 Å². The van der Waals surface area contributed by atoms with E-state index in [2.05, 4.69) is 12.1 Å². The maximum Gasteiger partial charge on any atom is 0.248 e. The number of amides is 1. The number of ether oxygens (including phenoxy) is 1. The molecule has 0 bridgehead atoms. The minimum atomic E-state index is -0.0356. The van der Waals surface area contributed by atoms with Gasteiger partial charge in [0.15, 0.2) is 5.78 Å². The van der Waals surface area contributed by atoms with Gasteiger partial charge in [0.1, 0.15) is 12.4 Å². The second-order valence-electron chi connectivity index (χ2n) is 6.38. The summed E-state index contributed by atoms with van der Waals surface area (Å²) in [5.74, 6) is 1.60. The Morgan fingerprint density at radius 2 is 2.00 bits per heavy atom. The average Bonchev–Trinajstić information content (AvgIpc) is 2.66. The average molecular weight is 366 g/mol. The number of nitrogens with zero attached hydrogens (tertiary/aromatic N) is 2. The molecular formula is C20H18N2O3S. The zero-order valence-corrected chi connectivity index (χ0v) is 15.2. The van der Waals surface area contributed by atoms with Crippen molar-refractivity contribution in [3.63, 3.8) is 0 Å². The zero-order valence-electron chi connectivity index (χ0n) is 14.3. The number of hydrazone groups is 1. The van der Waals surface area contributed by atoms with Gasteiger partial charge in [-0.15, -0.1) is 11.8 Å². The molecule has 26 heavy (non-hydrogen) atoms. The van der Waals surface area contributed by atoms with Crippen molar-refractivity contribution in [2.24, 2.45) is 11.0 Å². The van der Waals surface area contributed by atoms with E-state index in [0.717, 1.165) is 17.0 Å². The van der Waals surface area contributed by atoms with E-state index in [4.69, 9.17) is 9.84 Å². The zero-order chi connectivity index (χ0) is 18.1. The van der Waals surface area contributed by atoms with Crippen molar-refractivity contribution in [2.75, 3.05) is 17.4 Å². The Morgan fingerprint density at radius 3 is 2.77 bits per heavy atom. The molecule has 1 unspecified atom stereocenters. The maximum absolute atomic E-state index is 12.6. The normalized spacial score (nSPS) is 18.7. The lowest BCUT2D eigenvalue weighted by molar-refractivity contribution is -0.119. The van der Waals surface area contributed by atoms with Crippen LogP contribution >= 0.6 is 11.8 Å². The van der Waals surface area contributed by atoms with Crippen LogP contribution in [0.4, 0.5) is 5.69 Å². The largest absolute Gasteiger partial charge is 0.486 e. The van der Waals surface area contributed by atoms with Crippen molar-refractivity contribution >= 4 is 34.9 Å². The highest BCUT2D eigenvalue weighted by molar-refractivity contribution is 7.99. The molecule has 0 N–H and O–H groups in total. The first-order valence-electron chi connectivity index (χ1n) is 8.48. The summed E-state index contributed by atoms with van der Waals surface area (Å²) in [7, 11) is 0. The van der Waals surface area contributed by atoms with Crippen LogP contribution in [0.3, 0.4) is 0 Å². The van der Waals surface area contributed by atoms with E-state index in [9.17, 15) is 9.59 Å². The highest BCUT2D eigenvalue weighted by Crippen LogP contribution is 2.37. The molecule has 0 spiro atoms. The number of benzene rings is 2. The van der Waals surface area contributed by atoms with Gasteiger partial charge in [-0.1, -0.05) is 18.2 Å². The highest BCUT2D eigenvalue weighted by Gasteiger charge is 2.34. The molecule has 1 atom stereocenters. The third-order valence-electron chi connectivity index (χ3n) is 4.38. The molecule has 5 nitrogen and oxygen atoms in total. The molecule has 132 valence electrons. The van der Waals surface area contributed by atoms with Crippen LogP contribution < -0.4 is 9.75 Å². The van der Waals surface area contributed by atoms with Crippen molar-refractivity contribution < 1.29 is 14.3 Å². The lowest BCUT2D eigenvalue weighted by Gasteiger charge is -2.33. The fourth-order valence-electron chi connectivity index (χ4n) is 3.12. The summed E-state index contributed by atoms with van der Waals surface area (Å²) in [4.78, 5) is 24.8. The Balaban J connectivity index is 1.63.